The number of anilines is 1. The normalized spacial score (nSPS) is 12.4. The van der Waals surface area contributed by atoms with Crippen molar-refractivity contribution >= 4 is 40.8 Å². The molecule has 0 saturated carbocycles. The Balaban J connectivity index is 1.88. The lowest BCUT2D eigenvalue weighted by Gasteiger charge is -2.19. The molecule has 0 fully saturated rings. The molecule has 2 rings (SSSR count). The molecule has 0 radical (unpaired) electrons. The molecule has 25 heavy (non-hydrogen) atoms. The maximum Gasteiger partial charge on any atom is 0.243 e. The van der Waals surface area contributed by atoms with Crippen molar-refractivity contribution < 1.29 is 4.79 Å². The van der Waals surface area contributed by atoms with Gasteiger partial charge in [0.1, 0.15) is 0 Å². The van der Waals surface area contributed by atoms with Gasteiger partial charge in [-0.1, -0.05) is 47.5 Å². The zero-order chi connectivity index (χ0) is 18.2. The number of halogens is 2. The number of guanidine groups is 1. The van der Waals surface area contributed by atoms with Crippen molar-refractivity contribution in [1.82, 2.24) is 10.6 Å². The number of amides is 1. The number of hydrogen-bond acceptors (Lipinski definition) is 2. The molecule has 1 amide bonds. The SMILES string of the molecule is CN=C(NCC(=O)Nc1ccccc1)NC(C)c1ccc(Cl)cc1Cl. The minimum absolute atomic E-state index is 0.0929. The Bertz CT molecular complexity index is 750. The van der Waals surface area contributed by atoms with Gasteiger partial charge in [0.2, 0.25) is 5.91 Å². The molecule has 3 N–H and O–H groups in total. The smallest absolute Gasteiger partial charge is 0.243 e. The number of nitrogens with zero attached hydrogens (tertiary/aromatic N) is 1. The van der Waals surface area contributed by atoms with E-state index in [1.54, 1.807) is 19.2 Å². The van der Waals surface area contributed by atoms with Gasteiger partial charge in [-0.15, -0.1) is 0 Å². The van der Waals surface area contributed by atoms with E-state index >= 15 is 0 Å². The first-order valence-electron chi connectivity index (χ1n) is 7.76. The van der Waals surface area contributed by atoms with Gasteiger partial charge in [0, 0.05) is 22.8 Å². The molecule has 0 aliphatic rings. The summed E-state index contributed by atoms with van der Waals surface area (Å²) >= 11 is 12.1. The minimum Gasteiger partial charge on any atom is -0.350 e. The fourth-order valence-corrected chi connectivity index (χ4v) is 2.79. The molecular weight excluding hydrogens is 359 g/mol. The Morgan fingerprint density at radius 2 is 1.88 bits per heavy atom. The van der Waals surface area contributed by atoms with E-state index in [9.17, 15) is 4.79 Å². The van der Waals surface area contributed by atoms with Crippen molar-refractivity contribution in [2.45, 2.75) is 13.0 Å². The lowest BCUT2D eigenvalue weighted by molar-refractivity contribution is -0.115. The molecule has 7 heteroatoms. The van der Waals surface area contributed by atoms with Crippen LogP contribution in [0.5, 0.6) is 0 Å². The minimum atomic E-state index is -0.161. The van der Waals surface area contributed by atoms with E-state index in [1.807, 2.05) is 43.3 Å². The highest BCUT2D eigenvalue weighted by Gasteiger charge is 2.12. The van der Waals surface area contributed by atoms with Crippen LogP contribution < -0.4 is 16.0 Å². The fourth-order valence-electron chi connectivity index (χ4n) is 2.22. The second-order valence-electron chi connectivity index (χ2n) is 5.37. The summed E-state index contributed by atoms with van der Waals surface area (Å²) < 4.78 is 0. The lowest BCUT2D eigenvalue weighted by atomic mass is 10.1. The number of hydrogen-bond donors (Lipinski definition) is 3. The summed E-state index contributed by atoms with van der Waals surface area (Å²) in [6.45, 7) is 2.04. The summed E-state index contributed by atoms with van der Waals surface area (Å²) in [5.41, 5.74) is 1.64. The van der Waals surface area contributed by atoms with Gasteiger partial charge in [-0.25, -0.2) is 0 Å². The van der Waals surface area contributed by atoms with Crippen LogP contribution in [0.4, 0.5) is 5.69 Å². The zero-order valence-corrected chi connectivity index (χ0v) is 15.5. The van der Waals surface area contributed by atoms with Gasteiger partial charge >= 0.3 is 0 Å². The summed E-state index contributed by atoms with van der Waals surface area (Å²) in [5.74, 6) is 0.341. The molecule has 0 aromatic heterocycles. The van der Waals surface area contributed by atoms with Crippen molar-refractivity contribution in [2.24, 2.45) is 4.99 Å². The van der Waals surface area contributed by atoms with Crippen molar-refractivity contribution in [3.63, 3.8) is 0 Å². The van der Waals surface area contributed by atoms with Crippen molar-refractivity contribution in [1.29, 1.82) is 0 Å². The quantitative estimate of drug-likeness (QED) is 0.546. The van der Waals surface area contributed by atoms with Crippen LogP contribution in [0.1, 0.15) is 18.5 Å². The standard InChI is InChI=1S/C18H20Cl2N4O/c1-12(15-9-8-13(19)10-16(15)20)23-18(21-2)22-11-17(25)24-14-6-4-3-5-7-14/h3-10,12H,11H2,1-2H3,(H,24,25)(H2,21,22,23). The highest BCUT2D eigenvalue weighted by molar-refractivity contribution is 6.35. The third-order valence-electron chi connectivity index (χ3n) is 3.48. The topological polar surface area (TPSA) is 65.5 Å². The average Bonchev–Trinajstić information content (AvgIpc) is 2.59. The maximum atomic E-state index is 12.0. The highest BCUT2D eigenvalue weighted by atomic mass is 35.5. The molecule has 132 valence electrons. The largest absolute Gasteiger partial charge is 0.350 e. The van der Waals surface area contributed by atoms with Crippen LogP contribution >= 0.6 is 23.2 Å². The monoisotopic (exact) mass is 378 g/mol. The lowest BCUT2D eigenvalue weighted by Crippen LogP contribution is -2.42. The van der Waals surface area contributed by atoms with Crippen LogP contribution in [0.3, 0.4) is 0 Å². The molecule has 0 bridgehead atoms. The summed E-state index contributed by atoms with van der Waals surface area (Å²) in [5, 5.41) is 10.1. The molecule has 1 unspecified atom stereocenters. The Morgan fingerprint density at radius 3 is 2.52 bits per heavy atom. The summed E-state index contributed by atoms with van der Waals surface area (Å²) in [7, 11) is 1.64. The molecular formula is C18H20Cl2N4O. The Labute approximate surface area is 157 Å². The molecule has 2 aromatic carbocycles. The third kappa shape index (κ3) is 5.96. The number of para-hydroxylation sites is 1. The number of benzene rings is 2. The van der Waals surface area contributed by atoms with Gasteiger partial charge in [0.05, 0.1) is 12.6 Å². The van der Waals surface area contributed by atoms with Gasteiger partial charge in [-0.3, -0.25) is 9.79 Å². The predicted molar refractivity (Wildman–Crippen MR) is 104 cm³/mol. The van der Waals surface area contributed by atoms with E-state index in [0.717, 1.165) is 11.3 Å². The maximum absolute atomic E-state index is 12.0. The molecule has 0 aliphatic carbocycles. The Morgan fingerprint density at radius 1 is 1.16 bits per heavy atom. The van der Waals surface area contributed by atoms with Crippen LogP contribution in [0.15, 0.2) is 53.5 Å². The molecule has 0 saturated heterocycles. The van der Waals surface area contributed by atoms with E-state index in [0.29, 0.717) is 16.0 Å². The van der Waals surface area contributed by atoms with Gasteiger partial charge in [0.15, 0.2) is 5.96 Å². The van der Waals surface area contributed by atoms with Crippen LogP contribution in [-0.2, 0) is 4.79 Å². The molecule has 5 nitrogen and oxygen atoms in total. The second-order valence-corrected chi connectivity index (χ2v) is 6.22. The molecule has 2 aromatic rings. The van der Waals surface area contributed by atoms with E-state index in [-0.39, 0.29) is 18.5 Å². The summed E-state index contributed by atoms with van der Waals surface area (Å²) in [4.78, 5) is 16.1. The number of aliphatic imine (C=N–C) groups is 1. The van der Waals surface area contributed by atoms with E-state index in [2.05, 4.69) is 20.9 Å². The fraction of sp³-hybridized carbons (Fsp3) is 0.222. The van der Waals surface area contributed by atoms with Crippen LogP contribution in [0, 0.1) is 0 Å². The van der Waals surface area contributed by atoms with Crippen LogP contribution in [0.2, 0.25) is 10.0 Å². The number of carbonyl (C=O) groups excluding carboxylic acids is 1. The first kappa shape index (κ1) is 19.1. The van der Waals surface area contributed by atoms with Gasteiger partial charge in [0.25, 0.3) is 0 Å². The third-order valence-corrected chi connectivity index (χ3v) is 4.04. The molecule has 0 aliphatic heterocycles. The highest BCUT2D eigenvalue weighted by Crippen LogP contribution is 2.25. The van der Waals surface area contributed by atoms with Crippen molar-refractivity contribution in [3.05, 3.63) is 64.1 Å². The van der Waals surface area contributed by atoms with Crippen LogP contribution in [-0.4, -0.2) is 25.5 Å². The average molecular weight is 379 g/mol. The second kappa shape index (κ2) is 9.30. The number of nitrogens with one attached hydrogen (secondary N) is 3. The van der Waals surface area contributed by atoms with Crippen molar-refractivity contribution in [2.75, 3.05) is 18.9 Å². The first-order chi connectivity index (χ1) is 12.0. The molecule has 1 atom stereocenters. The van der Waals surface area contributed by atoms with E-state index in [1.165, 1.54) is 0 Å². The Hall–Kier alpha value is -2.24. The van der Waals surface area contributed by atoms with Gasteiger partial charge in [-0.05, 0) is 36.8 Å². The molecule has 0 spiro atoms. The van der Waals surface area contributed by atoms with Gasteiger partial charge in [-0.2, -0.15) is 0 Å². The van der Waals surface area contributed by atoms with Crippen molar-refractivity contribution in [3.8, 4) is 0 Å². The number of rotatable bonds is 5. The Kier molecular flexibility index (Phi) is 7.10. The van der Waals surface area contributed by atoms with Crippen LogP contribution in [0.25, 0.3) is 0 Å². The van der Waals surface area contributed by atoms with Gasteiger partial charge < -0.3 is 16.0 Å². The predicted octanol–water partition coefficient (Wildman–Crippen LogP) is 3.86. The summed E-state index contributed by atoms with van der Waals surface area (Å²) in [6.07, 6.45) is 0. The summed E-state index contributed by atoms with van der Waals surface area (Å²) in [6, 6.07) is 14.5. The molecule has 0 heterocycles. The first-order valence-corrected chi connectivity index (χ1v) is 8.52. The van der Waals surface area contributed by atoms with E-state index in [4.69, 9.17) is 23.2 Å². The number of carbonyl (C=O) groups is 1. The zero-order valence-electron chi connectivity index (χ0n) is 14.0. The van der Waals surface area contributed by atoms with E-state index < -0.39 is 0 Å².